The maximum atomic E-state index is 11.4. The number of para-hydroxylation sites is 1. The van der Waals surface area contributed by atoms with E-state index in [1.54, 1.807) is 0 Å². The van der Waals surface area contributed by atoms with E-state index in [-0.39, 0.29) is 5.91 Å². The van der Waals surface area contributed by atoms with Gasteiger partial charge in [-0.15, -0.1) is 0 Å². The molecule has 0 unspecified atom stereocenters. The Morgan fingerprint density at radius 3 is 2.14 bits per heavy atom. The molecule has 0 aliphatic heterocycles. The Labute approximate surface area is 129 Å². The van der Waals surface area contributed by atoms with Crippen molar-refractivity contribution in [1.82, 2.24) is 0 Å². The second kappa shape index (κ2) is 7.40. The number of amides is 1. The van der Waals surface area contributed by atoms with Gasteiger partial charge in [0.1, 0.15) is 0 Å². The summed E-state index contributed by atoms with van der Waals surface area (Å²) < 4.78 is 0. The van der Waals surface area contributed by atoms with Gasteiger partial charge in [0, 0.05) is 23.5 Å². The average Bonchev–Trinajstić information content (AvgIpc) is 2.48. The van der Waals surface area contributed by atoms with Gasteiger partial charge in [-0.05, 0) is 42.5 Å². The predicted molar refractivity (Wildman–Crippen MR) is 91.6 cm³/mol. The molecule has 0 atom stereocenters. The smallest absolute Gasteiger partial charge is 0.224 e. The molecular weight excluding hydrogens is 282 g/mol. The predicted octanol–water partition coefficient (Wildman–Crippen LogP) is 3.84. The van der Waals surface area contributed by atoms with Crippen molar-refractivity contribution in [2.75, 3.05) is 16.0 Å². The average molecular weight is 299 g/mol. The SMILES string of the molecule is CCC(=O)Nc1cccc(NC(=S)Nc2ccccc2)c1. The highest BCUT2D eigenvalue weighted by Gasteiger charge is 2.02. The minimum atomic E-state index is -0.0165. The van der Waals surface area contributed by atoms with E-state index >= 15 is 0 Å². The molecule has 2 aromatic rings. The normalized spacial score (nSPS) is 9.76. The van der Waals surface area contributed by atoms with Crippen molar-refractivity contribution < 1.29 is 4.79 Å². The van der Waals surface area contributed by atoms with Crippen LogP contribution in [0.3, 0.4) is 0 Å². The zero-order valence-corrected chi connectivity index (χ0v) is 12.5. The first-order valence-corrected chi connectivity index (χ1v) is 7.11. The number of rotatable bonds is 4. The topological polar surface area (TPSA) is 53.2 Å². The Hall–Kier alpha value is -2.40. The monoisotopic (exact) mass is 299 g/mol. The minimum Gasteiger partial charge on any atom is -0.332 e. The fraction of sp³-hybridized carbons (Fsp3) is 0.125. The molecule has 2 aromatic carbocycles. The van der Waals surface area contributed by atoms with Crippen molar-refractivity contribution in [3.63, 3.8) is 0 Å². The number of anilines is 3. The van der Waals surface area contributed by atoms with Crippen LogP contribution < -0.4 is 16.0 Å². The van der Waals surface area contributed by atoms with E-state index in [0.717, 1.165) is 17.1 Å². The van der Waals surface area contributed by atoms with Gasteiger partial charge in [0.25, 0.3) is 0 Å². The van der Waals surface area contributed by atoms with Crippen molar-refractivity contribution in [2.24, 2.45) is 0 Å². The lowest BCUT2D eigenvalue weighted by molar-refractivity contribution is -0.115. The van der Waals surface area contributed by atoms with Crippen LogP contribution in [0.2, 0.25) is 0 Å². The zero-order chi connectivity index (χ0) is 15.1. The summed E-state index contributed by atoms with van der Waals surface area (Å²) in [6.07, 6.45) is 0.450. The molecule has 1 amide bonds. The van der Waals surface area contributed by atoms with Gasteiger partial charge in [-0.3, -0.25) is 4.79 Å². The van der Waals surface area contributed by atoms with E-state index in [1.165, 1.54) is 0 Å². The molecule has 0 aliphatic rings. The Kier molecular flexibility index (Phi) is 5.29. The zero-order valence-electron chi connectivity index (χ0n) is 11.7. The lowest BCUT2D eigenvalue weighted by Gasteiger charge is -2.11. The molecule has 0 spiro atoms. The molecule has 4 nitrogen and oxygen atoms in total. The van der Waals surface area contributed by atoms with E-state index in [4.69, 9.17) is 12.2 Å². The molecule has 108 valence electrons. The fourth-order valence-electron chi connectivity index (χ4n) is 1.74. The second-order valence-corrected chi connectivity index (χ2v) is 4.84. The second-order valence-electron chi connectivity index (χ2n) is 4.43. The molecule has 0 bridgehead atoms. The van der Waals surface area contributed by atoms with Crippen LogP contribution in [0.15, 0.2) is 54.6 Å². The van der Waals surface area contributed by atoms with E-state index in [9.17, 15) is 4.79 Å². The maximum absolute atomic E-state index is 11.4. The molecule has 0 aromatic heterocycles. The van der Waals surface area contributed by atoms with Crippen molar-refractivity contribution >= 4 is 40.3 Å². The number of thiocarbonyl (C=S) groups is 1. The van der Waals surface area contributed by atoms with Crippen molar-refractivity contribution in [2.45, 2.75) is 13.3 Å². The molecule has 0 radical (unpaired) electrons. The molecular formula is C16H17N3OS. The van der Waals surface area contributed by atoms with Crippen LogP contribution in [0.5, 0.6) is 0 Å². The van der Waals surface area contributed by atoms with Crippen LogP contribution >= 0.6 is 12.2 Å². The van der Waals surface area contributed by atoms with Gasteiger partial charge >= 0.3 is 0 Å². The molecule has 0 saturated carbocycles. The number of carbonyl (C=O) groups is 1. The number of carbonyl (C=O) groups excluding carboxylic acids is 1. The maximum Gasteiger partial charge on any atom is 0.224 e. The van der Waals surface area contributed by atoms with E-state index in [0.29, 0.717) is 11.5 Å². The molecule has 0 fully saturated rings. The summed E-state index contributed by atoms with van der Waals surface area (Å²) in [5.74, 6) is -0.0165. The van der Waals surface area contributed by atoms with Gasteiger partial charge in [0.2, 0.25) is 5.91 Å². The van der Waals surface area contributed by atoms with Crippen LogP contribution in [-0.2, 0) is 4.79 Å². The Morgan fingerprint density at radius 1 is 0.905 bits per heavy atom. The Bertz CT molecular complexity index is 628. The summed E-state index contributed by atoms with van der Waals surface area (Å²) in [7, 11) is 0. The van der Waals surface area contributed by atoms with Gasteiger partial charge in [-0.2, -0.15) is 0 Å². The first kappa shape index (κ1) is 15.0. The third-order valence-corrected chi connectivity index (χ3v) is 2.96. The van der Waals surface area contributed by atoms with Crippen LogP contribution in [0.4, 0.5) is 17.1 Å². The molecule has 2 rings (SSSR count). The Balaban J connectivity index is 1.97. The lowest BCUT2D eigenvalue weighted by atomic mass is 10.2. The molecule has 3 N–H and O–H groups in total. The summed E-state index contributed by atoms with van der Waals surface area (Å²) in [5, 5.41) is 9.50. The third kappa shape index (κ3) is 4.89. The van der Waals surface area contributed by atoms with Crippen LogP contribution in [0, 0.1) is 0 Å². The lowest BCUT2D eigenvalue weighted by Crippen LogP contribution is -2.19. The van der Waals surface area contributed by atoms with Gasteiger partial charge < -0.3 is 16.0 Å². The van der Waals surface area contributed by atoms with Crippen LogP contribution in [0.25, 0.3) is 0 Å². The minimum absolute atomic E-state index is 0.0165. The van der Waals surface area contributed by atoms with Gasteiger partial charge in [-0.1, -0.05) is 31.2 Å². The number of nitrogens with one attached hydrogen (secondary N) is 3. The number of hydrogen-bond donors (Lipinski definition) is 3. The van der Waals surface area contributed by atoms with Crippen LogP contribution in [-0.4, -0.2) is 11.0 Å². The molecule has 0 aliphatic carbocycles. The van der Waals surface area contributed by atoms with Crippen LogP contribution in [0.1, 0.15) is 13.3 Å². The first-order valence-electron chi connectivity index (χ1n) is 6.70. The van der Waals surface area contributed by atoms with E-state index < -0.39 is 0 Å². The summed E-state index contributed by atoms with van der Waals surface area (Å²) in [6.45, 7) is 1.82. The third-order valence-electron chi connectivity index (χ3n) is 2.76. The molecule has 21 heavy (non-hydrogen) atoms. The summed E-state index contributed by atoms with van der Waals surface area (Å²) in [6, 6.07) is 17.1. The fourth-order valence-corrected chi connectivity index (χ4v) is 1.97. The quantitative estimate of drug-likeness (QED) is 0.751. The first-order chi connectivity index (χ1) is 10.2. The number of benzene rings is 2. The van der Waals surface area contributed by atoms with Crippen molar-refractivity contribution in [3.05, 3.63) is 54.6 Å². The van der Waals surface area contributed by atoms with E-state index in [2.05, 4.69) is 16.0 Å². The van der Waals surface area contributed by atoms with Gasteiger partial charge in [0.15, 0.2) is 5.11 Å². The highest BCUT2D eigenvalue weighted by Crippen LogP contribution is 2.16. The largest absolute Gasteiger partial charge is 0.332 e. The highest BCUT2D eigenvalue weighted by molar-refractivity contribution is 7.80. The van der Waals surface area contributed by atoms with Crippen molar-refractivity contribution in [3.8, 4) is 0 Å². The molecule has 5 heteroatoms. The highest BCUT2D eigenvalue weighted by atomic mass is 32.1. The van der Waals surface area contributed by atoms with Crippen molar-refractivity contribution in [1.29, 1.82) is 0 Å². The van der Waals surface area contributed by atoms with Gasteiger partial charge in [0.05, 0.1) is 0 Å². The number of hydrogen-bond acceptors (Lipinski definition) is 2. The van der Waals surface area contributed by atoms with Gasteiger partial charge in [-0.25, -0.2) is 0 Å². The van der Waals surface area contributed by atoms with E-state index in [1.807, 2.05) is 61.5 Å². The molecule has 0 saturated heterocycles. The Morgan fingerprint density at radius 2 is 1.48 bits per heavy atom. The standard InChI is InChI=1S/C16H17N3OS/c1-2-15(20)17-13-9-6-10-14(11-13)19-16(21)18-12-7-4-3-5-8-12/h3-11H,2H2,1H3,(H,17,20)(H2,18,19,21). The molecule has 0 heterocycles. The summed E-state index contributed by atoms with van der Waals surface area (Å²) in [5.41, 5.74) is 2.48. The summed E-state index contributed by atoms with van der Waals surface area (Å²) >= 11 is 5.26. The summed E-state index contributed by atoms with van der Waals surface area (Å²) in [4.78, 5) is 11.4.